The number of pyridine rings is 1. The fraction of sp³-hybridized carbons (Fsp3) is 0.238. The molecule has 3 rings (SSSR count). The fourth-order valence-electron chi connectivity index (χ4n) is 3.32. The first-order valence-electron chi connectivity index (χ1n) is 9.28. The molecule has 29 heavy (non-hydrogen) atoms. The summed E-state index contributed by atoms with van der Waals surface area (Å²) < 4.78 is 0. The molecule has 0 aliphatic carbocycles. The summed E-state index contributed by atoms with van der Waals surface area (Å²) in [6.07, 6.45) is 4.79. The van der Waals surface area contributed by atoms with E-state index in [-0.39, 0.29) is 11.9 Å². The molecular formula is C21H25N7O. The third-order valence-corrected chi connectivity index (χ3v) is 4.69. The summed E-state index contributed by atoms with van der Waals surface area (Å²) in [4.78, 5) is 20.6. The van der Waals surface area contributed by atoms with Gasteiger partial charge in [-0.1, -0.05) is 6.07 Å². The van der Waals surface area contributed by atoms with Gasteiger partial charge in [-0.15, -0.1) is 0 Å². The summed E-state index contributed by atoms with van der Waals surface area (Å²) >= 11 is 0. The van der Waals surface area contributed by atoms with E-state index < -0.39 is 0 Å². The number of hydrogen-bond acceptors (Lipinski definition) is 7. The van der Waals surface area contributed by atoms with Gasteiger partial charge in [0.1, 0.15) is 0 Å². The molecule has 0 unspecified atom stereocenters. The van der Waals surface area contributed by atoms with E-state index in [9.17, 15) is 4.79 Å². The van der Waals surface area contributed by atoms with Crippen LogP contribution in [-0.4, -0.2) is 43.5 Å². The molecule has 1 aromatic heterocycles. The number of anilines is 3. The van der Waals surface area contributed by atoms with E-state index in [1.54, 1.807) is 25.5 Å². The zero-order valence-electron chi connectivity index (χ0n) is 16.7. The number of hydrogen-bond donors (Lipinski definition) is 5. The van der Waals surface area contributed by atoms with Crippen LogP contribution in [0.15, 0.2) is 41.0 Å². The van der Waals surface area contributed by atoms with Crippen LogP contribution in [0.4, 0.5) is 17.1 Å². The van der Waals surface area contributed by atoms with Crippen LogP contribution in [-0.2, 0) is 4.79 Å². The maximum absolute atomic E-state index is 12.1. The van der Waals surface area contributed by atoms with Crippen molar-refractivity contribution in [3.05, 3.63) is 41.6 Å². The lowest BCUT2D eigenvalue weighted by Gasteiger charge is -2.17. The highest BCUT2D eigenvalue weighted by Crippen LogP contribution is 2.37. The molecule has 0 radical (unpaired) electrons. The summed E-state index contributed by atoms with van der Waals surface area (Å²) in [5.41, 5.74) is 11.9. The zero-order chi connectivity index (χ0) is 21.0. The van der Waals surface area contributed by atoms with Gasteiger partial charge in [-0.05, 0) is 25.1 Å². The lowest BCUT2D eigenvalue weighted by atomic mass is 9.99. The number of carbonyl (C=O) groups is 1. The van der Waals surface area contributed by atoms with Gasteiger partial charge in [0.25, 0.3) is 0 Å². The van der Waals surface area contributed by atoms with Crippen LogP contribution in [0, 0.1) is 5.41 Å². The molecule has 6 N–H and O–H groups in total. The molecule has 2 heterocycles. The molecule has 0 bridgehead atoms. The Hall–Kier alpha value is -3.68. The van der Waals surface area contributed by atoms with E-state index in [2.05, 4.69) is 25.9 Å². The molecule has 1 atom stereocenters. The minimum absolute atomic E-state index is 0.0227. The lowest BCUT2D eigenvalue weighted by Crippen LogP contribution is -2.19. The number of benzene rings is 1. The van der Waals surface area contributed by atoms with E-state index in [0.29, 0.717) is 29.1 Å². The second-order valence-electron chi connectivity index (χ2n) is 6.79. The second kappa shape index (κ2) is 8.55. The van der Waals surface area contributed by atoms with Crippen LogP contribution in [0.2, 0.25) is 0 Å². The summed E-state index contributed by atoms with van der Waals surface area (Å²) in [6, 6.07) is 7.55. The highest BCUT2D eigenvalue weighted by Gasteiger charge is 2.22. The Kier molecular flexibility index (Phi) is 5.92. The first-order valence-corrected chi connectivity index (χ1v) is 9.28. The van der Waals surface area contributed by atoms with Gasteiger partial charge < -0.3 is 27.1 Å². The van der Waals surface area contributed by atoms with Crippen molar-refractivity contribution in [1.29, 1.82) is 5.41 Å². The van der Waals surface area contributed by atoms with Crippen LogP contribution >= 0.6 is 0 Å². The quantitative estimate of drug-likeness (QED) is 0.501. The van der Waals surface area contributed by atoms with Crippen LogP contribution in [0.5, 0.6) is 0 Å². The molecule has 0 fully saturated rings. The number of aliphatic imine (C=N–C) groups is 1. The normalized spacial score (nSPS) is 16.9. The van der Waals surface area contributed by atoms with Crippen LogP contribution in [0.3, 0.4) is 0 Å². The minimum Gasteiger partial charge on any atom is -0.398 e. The Morgan fingerprint density at radius 2 is 2.21 bits per heavy atom. The van der Waals surface area contributed by atoms with Crippen LogP contribution < -0.4 is 21.7 Å². The van der Waals surface area contributed by atoms with Crippen molar-refractivity contribution in [2.75, 3.05) is 30.0 Å². The van der Waals surface area contributed by atoms with Gasteiger partial charge in [0.15, 0.2) is 0 Å². The number of nitrogens with one attached hydrogen (secondary N) is 4. The summed E-state index contributed by atoms with van der Waals surface area (Å²) in [5.74, 6) is -0.0335. The monoisotopic (exact) mass is 391 g/mol. The van der Waals surface area contributed by atoms with Crippen molar-refractivity contribution in [3.63, 3.8) is 0 Å². The molecule has 1 aliphatic rings. The topological polar surface area (TPSA) is 128 Å². The molecule has 1 aromatic carbocycles. The van der Waals surface area contributed by atoms with E-state index in [1.807, 2.05) is 32.2 Å². The molecule has 8 heteroatoms. The van der Waals surface area contributed by atoms with E-state index >= 15 is 0 Å². The van der Waals surface area contributed by atoms with Gasteiger partial charge in [0.05, 0.1) is 22.8 Å². The molecular weight excluding hydrogens is 366 g/mol. The van der Waals surface area contributed by atoms with Crippen molar-refractivity contribution in [2.45, 2.75) is 19.4 Å². The Labute approximate surface area is 169 Å². The molecule has 2 aromatic rings. The third-order valence-electron chi connectivity index (χ3n) is 4.69. The summed E-state index contributed by atoms with van der Waals surface area (Å²) in [6.45, 7) is 1.96. The predicted octanol–water partition coefficient (Wildman–Crippen LogP) is 2.95. The largest absolute Gasteiger partial charge is 0.398 e. The minimum atomic E-state index is -0.0335. The average molecular weight is 391 g/mol. The first kappa shape index (κ1) is 20.1. The number of allylic oxidation sites excluding steroid dienone is 1. The van der Waals surface area contributed by atoms with Gasteiger partial charge in [-0.3, -0.25) is 14.8 Å². The number of amides is 1. The van der Waals surface area contributed by atoms with E-state index in [0.717, 1.165) is 22.5 Å². The van der Waals surface area contributed by atoms with Crippen molar-refractivity contribution in [2.24, 2.45) is 10.7 Å². The molecule has 1 amide bonds. The smallest absolute Gasteiger partial charge is 0.226 e. The highest BCUT2D eigenvalue weighted by atomic mass is 16.1. The fourth-order valence-corrected chi connectivity index (χ4v) is 3.32. The van der Waals surface area contributed by atoms with Crippen molar-refractivity contribution in [3.8, 4) is 11.3 Å². The van der Waals surface area contributed by atoms with Crippen molar-refractivity contribution < 1.29 is 4.79 Å². The van der Waals surface area contributed by atoms with Crippen molar-refractivity contribution >= 4 is 41.1 Å². The highest BCUT2D eigenvalue weighted by molar-refractivity contribution is 6.11. The predicted molar refractivity (Wildman–Crippen MR) is 120 cm³/mol. The molecule has 0 saturated carbocycles. The SMILES string of the molecule is CN=C/C(C=N)=C(\N)c1cc(-c2nccc3c2N[C@H](C)CC(=O)N3)ccc1NC. The first-order chi connectivity index (χ1) is 14.0. The van der Waals surface area contributed by atoms with Crippen molar-refractivity contribution in [1.82, 2.24) is 4.98 Å². The Morgan fingerprint density at radius 1 is 1.41 bits per heavy atom. The van der Waals surface area contributed by atoms with Gasteiger partial charge in [-0.25, -0.2) is 0 Å². The zero-order valence-corrected chi connectivity index (χ0v) is 16.7. The molecule has 1 aliphatic heterocycles. The Bertz CT molecular complexity index is 1010. The lowest BCUT2D eigenvalue weighted by molar-refractivity contribution is -0.116. The van der Waals surface area contributed by atoms with Crippen LogP contribution in [0.1, 0.15) is 18.9 Å². The maximum Gasteiger partial charge on any atom is 0.226 e. The summed E-state index contributed by atoms with van der Waals surface area (Å²) in [7, 11) is 3.45. The van der Waals surface area contributed by atoms with Gasteiger partial charge in [0.2, 0.25) is 5.91 Å². The standard InChI is InChI=1S/C21H25N7O/c1-12-8-18(29)28-17-6-7-26-20(21(17)27-12)13-4-5-16(25-3)15(9-13)19(23)14(10-22)11-24-2/h4-7,9-12,22,25,27H,8,23H2,1-3H3,(H,28,29)/b19-14-,22-10?,24-11?/t12-/m1/s1. The molecule has 150 valence electrons. The number of carbonyl (C=O) groups excluding carboxylic acids is 1. The Balaban J connectivity index is 2.18. The molecule has 0 saturated heterocycles. The number of nitrogens with two attached hydrogens (primary N) is 1. The van der Waals surface area contributed by atoms with Crippen LogP contribution in [0.25, 0.3) is 17.0 Å². The Morgan fingerprint density at radius 3 is 2.90 bits per heavy atom. The summed E-state index contributed by atoms with van der Waals surface area (Å²) in [5, 5.41) is 17.1. The number of nitrogens with zero attached hydrogens (tertiary/aromatic N) is 2. The number of fused-ring (bicyclic) bond motifs is 1. The average Bonchev–Trinajstić information content (AvgIpc) is 2.86. The van der Waals surface area contributed by atoms with Gasteiger partial charge in [-0.2, -0.15) is 0 Å². The van der Waals surface area contributed by atoms with Gasteiger partial charge >= 0.3 is 0 Å². The van der Waals surface area contributed by atoms with Gasteiger partial charge in [0, 0.05) is 67.6 Å². The van der Waals surface area contributed by atoms with E-state index in [4.69, 9.17) is 11.1 Å². The second-order valence-corrected chi connectivity index (χ2v) is 6.79. The third kappa shape index (κ3) is 4.11. The number of aromatic nitrogens is 1. The maximum atomic E-state index is 12.1. The van der Waals surface area contributed by atoms with E-state index in [1.165, 1.54) is 6.21 Å². The number of rotatable bonds is 5. The molecule has 8 nitrogen and oxygen atoms in total. The molecule has 0 spiro atoms.